The van der Waals surface area contributed by atoms with Crippen molar-refractivity contribution in [3.63, 3.8) is 0 Å². The molecular formula is C24H21ClN2. The molecule has 0 aliphatic carbocycles. The standard InChI is InChI=1S/C24H21ClN2/c25-16-23-17-27(19-26-23)18-24(20-10-4-1-5-11-20,21-12-6-2-7-13-21)22-14-8-3-9-15-22/h1-15,17,19H,16,18H2. The van der Waals surface area contributed by atoms with E-state index in [1.54, 1.807) is 0 Å². The molecule has 0 fully saturated rings. The van der Waals surface area contributed by atoms with Crippen molar-refractivity contribution in [3.05, 3.63) is 126 Å². The largest absolute Gasteiger partial charge is 0.336 e. The lowest BCUT2D eigenvalue weighted by molar-refractivity contribution is 0.501. The maximum Gasteiger partial charge on any atom is 0.0950 e. The fourth-order valence-electron chi connectivity index (χ4n) is 3.78. The summed E-state index contributed by atoms with van der Waals surface area (Å²) in [5.41, 5.74) is 4.32. The Labute approximate surface area is 165 Å². The van der Waals surface area contributed by atoms with Crippen LogP contribution < -0.4 is 0 Å². The minimum Gasteiger partial charge on any atom is -0.336 e. The van der Waals surface area contributed by atoms with Gasteiger partial charge < -0.3 is 4.57 Å². The molecule has 134 valence electrons. The van der Waals surface area contributed by atoms with E-state index in [4.69, 9.17) is 11.6 Å². The lowest BCUT2D eigenvalue weighted by atomic mass is 9.69. The molecule has 0 aliphatic rings. The van der Waals surface area contributed by atoms with E-state index in [9.17, 15) is 0 Å². The van der Waals surface area contributed by atoms with E-state index in [0.29, 0.717) is 5.88 Å². The Hall–Kier alpha value is -2.84. The summed E-state index contributed by atoms with van der Waals surface area (Å²) < 4.78 is 2.14. The smallest absolute Gasteiger partial charge is 0.0950 e. The summed E-state index contributed by atoms with van der Waals surface area (Å²) in [5, 5.41) is 0. The zero-order valence-electron chi connectivity index (χ0n) is 15.0. The number of hydrogen-bond acceptors (Lipinski definition) is 1. The fourth-order valence-corrected chi connectivity index (χ4v) is 3.92. The van der Waals surface area contributed by atoms with Gasteiger partial charge in [-0.15, -0.1) is 11.6 Å². The first-order valence-corrected chi connectivity index (χ1v) is 9.59. The summed E-state index contributed by atoms with van der Waals surface area (Å²) in [7, 11) is 0. The third-order valence-electron chi connectivity index (χ3n) is 5.04. The molecule has 1 aromatic heterocycles. The Bertz CT molecular complexity index is 882. The third kappa shape index (κ3) is 3.41. The molecule has 0 amide bonds. The predicted molar refractivity (Wildman–Crippen MR) is 111 cm³/mol. The van der Waals surface area contributed by atoms with Gasteiger partial charge in [0.2, 0.25) is 0 Å². The molecule has 3 aromatic carbocycles. The molecule has 0 unspecified atom stereocenters. The Morgan fingerprint density at radius 1 is 0.704 bits per heavy atom. The first-order chi connectivity index (χ1) is 13.3. The highest BCUT2D eigenvalue weighted by atomic mass is 35.5. The monoisotopic (exact) mass is 372 g/mol. The van der Waals surface area contributed by atoms with Gasteiger partial charge in [0.25, 0.3) is 0 Å². The van der Waals surface area contributed by atoms with Crippen molar-refractivity contribution in [2.24, 2.45) is 0 Å². The fraction of sp³-hybridized carbons (Fsp3) is 0.125. The maximum absolute atomic E-state index is 5.99. The molecule has 0 saturated heterocycles. The first kappa shape index (κ1) is 17.6. The van der Waals surface area contributed by atoms with Gasteiger partial charge in [-0.1, -0.05) is 91.0 Å². The molecule has 27 heavy (non-hydrogen) atoms. The molecular weight excluding hydrogens is 352 g/mol. The van der Waals surface area contributed by atoms with Gasteiger partial charge in [0.15, 0.2) is 0 Å². The second kappa shape index (κ2) is 7.81. The van der Waals surface area contributed by atoms with Crippen molar-refractivity contribution in [3.8, 4) is 0 Å². The molecule has 0 atom stereocenters. The average Bonchev–Trinajstić information content (AvgIpc) is 3.21. The van der Waals surface area contributed by atoms with Gasteiger partial charge in [0.05, 0.1) is 23.3 Å². The predicted octanol–water partition coefficient (Wildman–Crippen LogP) is 5.66. The van der Waals surface area contributed by atoms with Crippen LogP contribution in [-0.2, 0) is 17.8 Å². The van der Waals surface area contributed by atoms with Crippen LogP contribution in [0.5, 0.6) is 0 Å². The van der Waals surface area contributed by atoms with Crippen LogP contribution in [-0.4, -0.2) is 9.55 Å². The Morgan fingerprint density at radius 2 is 1.15 bits per heavy atom. The van der Waals surface area contributed by atoms with Crippen molar-refractivity contribution >= 4 is 11.6 Å². The molecule has 2 nitrogen and oxygen atoms in total. The van der Waals surface area contributed by atoms with Crippen LogP contribution in [0.15, 0.2) is 104 Å². The number of nitrogens with zero attached hydrogens (tertiary/aromatic N) is 2. The van der Waals surface area contributed by atoms with Crippen LogP contribution in [0.25, 0.3) is 0 Å². The number of halogens is 1. The Morgan fingerprint density at radius 3 is 1.52 bits per heavy atom. The van der Waals surface area contributed by atoms with Gasteiger partial charge in [0, 0.05) is 12.7 Å². The second-order valence-electron chi connectivity index (χ2n) is 6.67. The number of imidazole rings is 1. The van der Waals surface area contributed by atoms with Gasteiger partial charge in [0.1, 0.15) is 0 Å². The highest BCUT2D eigenvalue weighted by Gasteiger charge is 2.36. The Kier molecular flexibility index (Phi) is 5.08. The number of rotatable bonds is 6. The number of aromatic nitrogens is 2. The van der Waals surface area contributed by atoms with Crippen LogP contribution in [0.2, 0.25) is 0 Å². The molecule has 3 heteroatoms. The first-order valence-electron chi connectivity index (χ1n) is 9.06. The molecule has 0 saturated carbocycles. The van der Waals surface area contributed by atoms with Crippen molar-refractivity contribution in [1.29, 1.82) is 0 Å². The van der Waals surface area contributed by atoms with E-state index >= 15 is 0 Å². The van der Waals surface area contributed by atoms with Crippen molar-refractivity contribution in [1.82, 2.24) is 9.55 Å². The number of hydrogen-bond donors (Lipinski definition) is 0. The molecule has 1 heterocycles. The minimum atomic E-state index is -0.325. The van der Waals surface area contributed by atoms with E-state index in [0.717, 1.165) is 12.2 Å². The van der Waals surface area contributed by atoms with Gasteiger partial charge in [-0.25, -0.2) is 4.98 Å². The quantitative estimate of drug-likeness (QED) is 0.315. The summed E-state index contributed by atoms with van der Waals surface area (Å²) >= 11 is 5.99. The molecule has 0 radical (unpaired) electrons. The lowest BCUT2D eigenvalue weighted by Gasteiger charge is -2.36. The molecule has 0 N–H and O–H groups in total. The van der Waals surface area contributed by atoms with E-state index in [2.05, 4.69) is 101 Å². The maximum atomic E-state index is 5.99. The van der Waals surface area contributed by atoms with Gasteiger partial charge in [-0.05, 0) is 16.7 Å². The van der Waals surface area contributed by atoms with E-state index in [1.807, 2.05) is 12.5 Å². The summed E-state index contributed by atoms with van der Waals surface area (Å²) in [6.07, 6.45) is 3.91. The highest BCUT2D eigenvalue weighted by Crippen LogP contribution is 2.40. The third-order valence-corrected chi connectivity index (χ3v) is 5.32. The minimum absolute atomic E-state index is 0.325. The van der Waals surface area contributed by atoms with Crippen LogP contribution in [0.4, 0.5) is 0 Å². The zero-order chi connectivity index (χ0) is 18.5. The van der Waals surface area contributed by atoms with Crippen LogP contribution >= 0.6 is 11.6 Å². The number of alkyl halides is 1. The van der Waals surface area contributed by atoms with Crippen molar-refractivity contribution in [2.75, 3.05) is 0 Å². The summed E-state index contributed by atoms with van der Waals surface area (Å²) in [6, 6.07) is 32.1. The normalized spacial score (nSPS) is 11.4. The highest BCUT2D eigenvalue weighted by molar-refractivity contribution is 6.16. The summed E-state index contributed by atoms with van der Waals surface area (Å²) in [6.45, 7) is 0.745. The van der Waals surface area contributed by atoms with Gasteiger partial charge in [-0.3, -0.25) is 0 Å². The van der Waals surface area contributed by atoms with E-state index in [-0.39, 0.29) is 5.41 Å². The molecule has 4 rings (SSSR count). The van der Waals surface area contributed by atoms with Crippen molar-refractivity contribution < 1.29 is 0 Å². The molecule has 0 spiro atoms. The van der Waals surface area contributed by atoms with Gasteiger partial charge >= 0.3 is 0 Å². The summed E-state index contributed by atoms with van der Waals surface area (Å²) in [4.78, 5) is 4.43. The average molecular weight is 373 g/mol. The van der Waals surface area contributed by atoms with Crippen molar-refractivity contribution in [2.45, 2.75) is 17.8 Å². The second-order valence-corrected chi connectivity index (χ2v) is 6.94. The summed E-state index contributed by atoms with van der Waals surface area (Å²) in [5.74, 6) is 0.419. The molecule has 4 aromatic rings. The zero-order valence-corrected chi connectivity index (χ0v) is 15.8. The lowest BCUT2D eigenvalue weighted by Crippen LogP contribution is -2.34. The van der Waals surface area contributed by atoms with Crippen LogP contribution in [0, 0.1) is 0 Å². The SMILES string of the molecule is ClCc1cn(CC(c2ccccc2)(c2ccccc2)c2ccccc2)cn1. The van der Waals surface area contributed by atoms with Gasteiger partial charge in [-0.2, -0.15) is 0 Å². The molecule has 0 bridgehead atoms. The topological polar surface area (TPSA) is 17.8 Å². The van der Waals surface area contributed by atoms with E-state index in [1.165, 1.54) is 16.7 Å². The van der Waals surface area contributed by atoms with E-state index < -0.39 is 0 Å². The number of benzene rings is 3. The Balaban J connectivity index is 1.97. The molecule has 0 aliphatic heterocycles. The van der Waals surface area contributed by atoms with Crippen LogP contribution in [0.3, 0.4) is 0 Å². The van der Waals surface area contributed by atoms with Crippen LogP contribution in [0.1, 0.15) is 22.4 Å².